The van der Waals surface area contributed by atoms with Crippen LogP contribution in [0.5, 0.6) is 0 Å². The van der Waals surface area contributed by atoms with Gasteiger partial charge in [-0.1, -0.05) is 16.9 Å². The molecule has 7 nitrogen and oxygen atoms in total. The molecule has 8 heteroatoms. The number of ether oxygens (including phenoxy) is 1. The highest BCUT2D eigenvalue weighted by Crippen LogP contribution is 2.25. The van der Waals surface area contributed by atoms with Crippen LogP contribution >= 0.6 is 11.8 Å². The summed E-state index contributed by atoms with van der Waals surface area (Å²) in [6.07, 6.45) is 1.63. The van der Waals surface area contributed by atoms with Gasteiger partial charge in [-0.05, 0) is 39.8 Å². The summed E-state index contributed by atoms with van der Waals surface area (Å²) in [4.78, 5) is 30.3. The summed E-state index contributed by atoms with van der Waals surface area (Å²) in [5, 5.41) is 4.51. The van der Waals surface area contributed by atoms with E-state index in [9.17, 15) is 9.59 Å². The standard InChI is InChI=1S/C18H23N3O4S/c1-12-9-13(20-25-12)11-26-16-14(7-6-8-19-16)17(23)21(5)10-15(22)24-18(2,3)4/h6-9H,10-11H2,1-5H3. The average Bonchev–Trinajstić information content (AvgIpc) is 2.96. The van der Waals surface area contributed by atoms with Crippen LogP contribution in [-0.2, 0) is 15.3 Å². The predicted molar refractivity (Wildman–Crippen MR) is 97.8 cm³/mol. The summed E-state index contributed by atoms with van der Waals surface area (Å²) in [6.45, 7) is 7.05. The molecule has 0 N–H and O–H groups in total. The fourth-order valence-corrected chi connectivity index (χ4v) is 3.01. The number of hydrogen-bond donors (Lipinski definition) is 0. The van der Waals surface area contributed by atoms with Gasteiger partial charge in [-0.2, -0.15) is 0 Å². The van der Waals surface area contributed by atoms with Crippen LogP contribution in [0.4, 0.5) is 0 Å². The molecule has 0 saturated carbocycles. The van der Waals surface area contributed by atoms with Crippen LogP contribution in [0.25, 0.3) is 0 Å². The summed E-state index contributed by atoms with van der Waals surface area (Å²) >= 11 is 1.39. The SMILES string of the molecule is Cc1cc(CSc2ncccc2C(=O)N(C)CC(=O)OC(C)(C)C)no1. The van der Waals surface area contributed by atoms with Crippen LogP contribution in [0.15, 0.2) is 33.9 Å². The maximum atomic E-state index is 12.7. The monoisotopic (exact) mass is 377 g/mol. The van der Waals surface area contributed by atoms with Gasteiger partial charge in [0.05, 0.1) is 11.3 Å². The molecule has 2 aromatic heterocycles. The number of likely N-dealkylation sites (N-methyl/N-ethyl adjacent to an activating group) is 1. The largest absolute Gasteiger partial charge is 0.459 e. The summed E-state index contributed by atoms with van der Waals surface area (Å²) in [5.41, 5.74) is 0.619. The van der Waals surface area contributed by atoms with Crippen molar-refractivity contribution < 1.29 is 18.8 Å². The van der Waals surface area contributed by atoms with Gasteiger partial charge in [0.1, 0.15) is 22.9 Å². The number of aromatic nitrogens is 2. The molecule has 2 heterocycles. The molecule has 0 atom stereocenters. The Labute approximate surface area is 157 Å². The zero-order chi connectivity index (χ0) is 19.3. The number of nitrogens with zero attached hydrogens (tertiary/aromatic N) is 3. The smallest absolute Gasteiger partial charge is 0.326 e. The van der Waals surface area contributed by atoms with E-state index in [1.54, 1.807) is 46.1 Å². The normalized spacial score (nSPS) is 11.3. The Hall–Kier alpha value is -2.35. The molecular formula is C18H23N3O4S. The number of hydrogen-bond acceptors (Lipinski definition) is 7. The Morgan fingerprint density at radius 2 is 2.08 bits per heavy atom. The molecule has 26 heavy (non-hydrogen) atoms. The molecular weight excluding hydrogens is 354 g/mol. The average molecular weight is 377 g/mol. The minimum Gasteiger partial charge on any atom is -0.459 e. The second-order valence-corrected chi connectivity index (χ2v) is 7.79. The molecule has 0 aliphatic rings. The number of pyridine rings is 1. The minimum atomic E-state index is -0.591. The molecule has 2 rings (SSSR count). The molecule has 0 spiro atoms. The molecule has 140 valence electrons. The topological polar surface area (TPSA) is 85.5 Å². The van der Waals surface area contributed by atoms with E-state index in [0.29, 0.717) is 16.3 Å². The lowest BCUT2D eigenvalue weighted by Crippen LogP contribution is -2.36. The number of thioether (sulfide) groups is 1. The van der Waals surface area contributed by atoms with Gasteiger partial charge in [-0.25, -0.2) is 4.98 Å². The Bertz CT molecular complexity index is 783. The van der Waals surface area contributed by atoms with E-state index in [-0.39, 0.29) is 12.5 Å². The van der Waals surface area contributed by atoms with Crippen LogP contribution in [0.2, 0.25) is 0 Å². The number of carbonyl (C=O) groups excluding carboxylic acids is 2. The van der Waals surface area contributed by atoms with Gasteiger partial charge in [0.25, 0.3) is 5.91 Å². The summed E-state index contributed by atoms with van der Waals surface area (Å²) in [7, 11) is 1.56. The van der Waals surface area contributed by atoms with Crippen molar-refractivity contribution in [1.82, 2.24) is 15.0 Å². The highest BCUT2D eigenvalue weighted by atomic mass is 32.2. The fourth-order valence-electron chi connectivity index (χ4n) is 2.14. The minimum absolute atomic E-state index is 0.127. The molecule has 0 radical (unpaired) electrons. The number of carbonyl (C=O) groups is 2. The van der Waals surface area contributed by atoms with Crippen LogP contribution in [0, 0.1) is 6.92 Å². The molecule has 0 aliphatic carbocycles. The number of amides is 1. The number of aryl methyl sites for hydroxylation is 1. The van der Waals surface area contributed by atoms with Crippen molar-refractivity contribution in [2.45, 2.75) is 44.1 Å². The Balaban J connectivity index is 2.05. The molecule has 1 amide bonds. The summed E-state index contributed by atoms with van der Waals surface area (Å²) < 4.78 is 10.3. The van der Waals surface area contributed by atoms with Crippen LogP contribution < -0.4 is 0 Å². The van der Waals surface area contributed by atoms with Gasteiger partial charge in [0.2, 0.25) is 0 Å². The maximum Gasteiger partial charge on any atom is 0.326 e. The molecule has 0 unspecified atom stereocenters. The third kappa shape index (κ3) is 5.87. The second kappa shape index (κ2) is 8.35. The van der Waals surface area contributed by atoms with Gasteiger partial charge in [-0.3, -0.25) is 9.59 Å². The first-order valence-corrected chi connectivity index (χ1v) is 9.11. The fraction of sp³-hybridized carbons (Fsp3) is 0.444. The van der Waals surface area contributed by atoms with Crippen molar-refractivity contribution in [3.05, 3.63) is 41.4 Å². The summed E-state index contributed by atoms with van der Waals surface area (Å²) in [6, 6.07) is 5.22. The molecule has 0 aliphatic heterocycles. The van der Waals surface area contributed by atoms with E-state index < -0.39 is 11.6 Å². The number of rotatable bonds is 6. The molecule has 0 bridgehead atoms. The van der Waals surface area contributed by atoms with Gasteiger partial charge >= 0.3 is 5.97 Å². The van der Waals surface area contributed by atoms with Crippen molar-refractivity contribution in [3.63, 3.8) is 0 Å². The zero-order valence-electron chi connectivity index (χ0n) is 15.6. The lowest BCUT2D eigenvalue weighted by Gasteiger charge is -2.23. The first kappa shape index (κ1) is 20.0. The number of esters is 1. The van der Waals surface area contributed by atoms with Crippen LogP contribution in [0.3, 0.4) is 0 Å². The lowest BCUT2D eigenvalue weighted by molar-refractivity contribution is -0.155. The van der Waals surface area contributed by atoms with Gasteiger partial charge in [-0.15, -0.1) is 0 Å². The first-order valence-electron chi connectivity index (χ1n) is 8.13. The van der Waals surface area contributed by atoms with E-state index in [0.717, 1.165) is 11.5 Å². The highest BCUT2D eigenvalue weighted by molar-refractivity contribution is 7.98. The third-order valence-corrected chi connectivity index (χ3v) is 4.21. The van der Waals surface area contributed by atoms with Crippen molar-refractivity contribution in [2.75, 3.05) is 13.6 Å². The third-order valence-electron chi connectivity index (χ3n) is 3.17. The van der Waals surface area contributed by atoms with Gasteiger partial charge in [0.15, 0.2) is 0 Å². The van der Waals surface area contributed by atoms with Crippen molar-refractivity contribution in [2.24, 2.45) is 0 Å². The van der Waals surface area contributed by atoms with Gasteiger partial charge in [0, 0.05) is 25.1 Å². The molecule has 0 saturated heterocycles. The molecule has 2 aromatic rings. The Morgan fingerprint density at radius 3 is 2.69 bits per heavy atom. The van der Waals surface area contributed by atoms with Crippen molar-refractivity contribution in [3.8, 4) is 0 Å². The van der Waals surface area contributed by atoms with Crippen molar-refractivity contribution >= 4 is 23.6 Å². The summed E-state index contributed by atoms with van der Waals surface area (Å²) in [5.74, 6) is 0.520. The predicted octanol–water partition coefficient (Wildman–Crippen LogP) is 3.08. The zero-order valence-corrected chi connectivity index (χ0v) is 16.4. The van der Waals surface area contributed by atoms with Crippen LogP contribution in [0.1, 0.15) is 42.6 Å². The van der Waals surface area contributed by atoms with E-state index in [1.165, 1.54) is 16.7 Å². The quantitative estimate of drug-likeness (QED) is 0.565. The lowest BCUT2D eigenvalue weighted by atomic mass is 10.2. The van der Waals surface area contributed by atoms with Crippen LogP contribution in [-0.4, -0.2) is 46.1 Å². The molecule has 0 fully saturated rings. The van der Waals surface area contributed by atoms with E-state index in [1.807, 2.05) is 13.0 Å². The van der Waals surface area contributed by atoms with E-state index in [4.69, 9.17) is 9.26 Å². The molecule has 0 aromatic carbocycles. The Morgan fingerprint density at radius 1 is 1.35 bits per heavy atom. The highest BCUT2D eigenvalue weighted by Gasteiger charge is 2.22. The second-order valence-electron chi connectivity index (χ2n) is 6.82. The Kier molecular flexibility index (Phi) is 6.42. The first-order chi connectivity index (χ1) is 12.2. The van der Waals surface area contributed by atoms with E-state index >= 15 is 0 Å². The maximum absolute atomic E-state index is 12.7. The van der Waals surface area contributed by atoms with E-state index in [2.05, 4.69) is 10.1 Å². The van der Waals surface area contributed by atoms with Crippen molar-refractivity contribution in [1.29, 1.82) is 0 Å². The van der Waals surface area contributed by atoms with Gasteiger partial charge < -0.3 is 14.2 Å².